The molecular weight excluding hydrogens is 207 g/mol. The standard InChI is InChI=1S/C7H7ClF3NO/c8-5-3-4(12)1-2-6(5)13-7(9,10)11/h3H,1-2,12H2. The minimum absolute atomic E-state index is 0.0823. The number of nitrogens with two attached hydrogens (primary N) is 1. The van der Waals surface area contributed by atoms with Crippen LogP contribution in [-0.2, 0) is 4.74 Å². The third kappa shape index (κ3) is 3.18. The number of halogens is 4. The molecule has 0 atom stereocenters. The fraction of sp³-hybridized carbons (Fsp3) is 0.429. The van der Waals surface area contributed by atoms with E-state index in [0.717, 1.165) is 0 Å². The lowest BCUT2D eigenvalue weighted by Gasteiger charge is -2.16. The van der Waals surface area contributed by atoms with Gasteiger partial charge in [0.25, 0.3) is 0 Å². The minimum atomic E-state index is -4.69. The highest BCUT2D eigenvalue weighted by molar-refractivity contribution is 6.31. The van der Waals surface area contributed by atoms with Gasteiger partial charge in [0.2, 0.25) is 0 Å². The van der Waals surface area contributed by atoms with Crippen molar-refractivity contribution in [3.05, 3.63) is 22.6 Å². The van der Waals surface area contributed by atoms with Crippen LogP contribution in [0.15, 0.2) is 22.6 Å². The van der Waals surface area contributed by atoms with Crippen LogP contribution >= 0.6 is 11.6 Å². The molecule has 0 aliphatic heterocycles. The Labute approximate surface area is 77.8 Å². The van der Waals surface area contributed by atoms with E-state index >= 15 is 0 Å². The van der Waals surface area contributed by atoms with Crippen molar-refractivity contribution in [3.8, 4) is 0 Å². The molecule has 0 saturated carbocycles. The minimum Gasteiger partial charge on any atom is -0.409 e. The van der Waals surface area contributed by atoms with Gasteiger partial charge in [-0.1, -0.05) is 11.6 Å². The van der Waals surface area contributed by atoms with Crippen molar-refractivity contribution in [1.29, 1.82) is 0 Å². The molecule has 0 spiro atoms. The SMILES string of the molecule is NC1=CC(Cl)=C(OC(F)(F)F)CC1. The second-order valence-corrected chi connectivity index (χ2v) is 2.95. The Kier molecular flexibility index (Phi) is 2.75. The third-order valence-electron chi connectivity index (χ3n) is 1.46. The summed E-state index contributed by atoms with van der Waals surface area (Å²) in [5.74, 6) is -0.275. The van der Waals surface area contributed by atoms with Gasteiger partial charge in [0.05, 0.1) is 5.03 Å². The summed E-state index contributed by atoms with van der Waals surface area (Å²) in [4.78, 5) is 0. The molecule has 0 aromatic rings. The van der Waals surface area contributed by atoms with Gasteiger partial charge in [0.15, 0.2) is 0 Å². The molecule has 1 aliphatic rings. The molecule has 0 unspecified atom stereocenters. The van der Waals surface area contributed by atoms with Gasteiger partial charge in [-0.05, 0) is 12.5 Å². The molecule has 2 nitrogen and oxygen atoms in total. The van der Waals surface area contributed by atoms with Crippen molar-refractivity contribution >= 4 is 11.6 Å². The van der Waals surface area contributed by atoms with E-state index in [1.807, 2.05) is 0 Å². The van der Waals surface area contributed by atoms with Crippen molar-refractivity contribution in [2.24, 2.45) is 5.73 Å². The number of allylic oxidation sites excluding steroid dienone is 4. The van der Waals surface area contributed by atoms with Gasteiger partial charge < -0.3 is 10.5 Å². The Hall–Kier alpha value is -0.840. The van der Waals surface area contributed by atoms with Gasteiger partial charge in [0, 0.05) is 12.1 Å². The molecule has 0 bridgehead atoms. The monoisotopic (exact) mass is 213 g/mol. The Balaban J connectivity index is 2.75. The van der Waals surface area contributed by atoms with Gasteiger partial charge in [0.1, 0.15) is 5.76 Å². The summed E-state index contributed by atoms with van der Waals surface area (Å²) in [6.45, 7) is 0. The van der Waals surface area contributed by atoms with Crippen LogP contribution in [0, 0.1) is 0 Å². The van der Waals surface area contributed by atoms with Crippen LogP contribution < -0.4 is 5.73 Å². The van der Waals surface area contributed by atoms with E-state index in [0.29, 0.717) is 12.1 Å². The molecule has 0 heterocycles. The molecule has 0 amide bonds. The fourth-order valence-electron chi connectivity index (χ4n) is 0.932. The van der Waals surface area contributed by atoms with Crippen LogP contribution in [0.3, 0.4) is 0 Å². The summed E-state index contributed by atoms with van der Waals surface area (Å²) in [5, 5.41) is -0.0823. The molecule has 0 saturated heterocycles. The Morgan fingerprint density at radius 3 is 2.46 bits per heavy atom. The largest absolute Gasteiger partial charge is 0.572 e. The first-order valence-corrected chi connectivity index (χ1v) is 3.87. The molecule has 2 N–H and O–H groups in total. The Morgan fingerprint density at radius 1 is 1.38 bits per heavy atom. The molecule has 1 aliphatic carbocycles. The highest BCUT2D eigenvalue weighted by Crippen LogP contribution is 2.30. The first-order chi connectivity index (χ1) is 5.88. The second kappa shape index (κ2) is 3.49. The van der Waals surface area contributed by atoms with Gasteiger partial charge >= 0.3 is 6.36 Å². The smallest absolute Gasteiger partial charge is 0.409 e. The Bertz CT molecular complexity index is 269. The number of ether oxygens (including phenoxy) is 1. The first kappa shape index (κ1) is 10.2. The highest BCUT2D eigenvalue weighted by atomic mass is 35.5. The molecule has 1 rings (SSSR count). The van der Waals surface area contributed by atoms with Crippen molar-refractivity contribution in [1.82, 2.24) is 0 Å². The summed E-state index contributed by atoms with van der Waals surface area (Å²) < 4.78 is 38.9. The number of hydrogen-bond acceptors (Lipinski definition) is 2. The zero-order chi connectivity index (χ0) is 10.1. The quantitative estimate of drug-likeness (QED) is 0.727. The van der Waals surface area contributed by atoms with Crippen molar-refractivity contribution in [2.45, 2.75) is 19.2 Å². The molecule has 0 aromatic heterocycles. The van der Waals surface area contributed by atoms with E-state index < -0.39 is 6.36 Å². The Morgan fingerprint density at radius 2 is 2.00 bits per heavy atom. The molecule has 74 valence electrons. The predicted molar refractivity (Wildman–Crippen MR) is 41.5 cm³/mol. The molecule has 0 fully saturated rings. The summed E-state index contributed by atoms with van der Waals surface area (Å²) in [5.41, 5.74) is 5.81. The summed E-state index contributed by atoms with van der Waals surface area (Å²) in [7, 11) is 0. The lowest BCUT2D eigenvalue weighted by Crippen LogP contribution is -2.16. The first-order valence-electron chi connectivity index (χ1n) is 3.49. The van der Waals surface area contributed by atoms with Crippen LogP contribution in [0.5, 0.6) is 0 Å². The highest BCUT2D eigenvalue weighted by Gasteiger charge is 2.33. The van der Waals surface area contributed by atoms with Crippen LogP contribution in [-0.4, -0.2) is 6.36 Å². The lowest BCUT2D eigenvalue weighted by molar-refractivity contribution is -0.306. The average Bonchev–Trinajstić information content (AvgIpc) is 1.93. The fourth-order valence-corrected chi connectivity index (χ4v) is 1.21. The third-order valence-corrected chi connectivity index (χ3v) is 1.78. The van der Waals surface area contributed by atoms with Gasteiger partial charge in [-0.25, -0.2) is 0 Å². The van der Waals surface area contributed by atoms with E-state index in [9.17, 15) is 13.2 Å². The summed E-state index contributed by atoms with van der Waals surface area (Å²) in [6.07, 6.45) is -3.00. The van der Waals surface area contributed by atoms with E-state index in [4.69, 9.17) is 17.3 Å². The van der Waals surface area contributed by atoms with Crippen LogP contribution in [0.2, 0.25) is 0 Å². The summed E-state index contributed by atoms with van der Waals surface area (Å²) >= 11 is 5.48. The zero-order valence-corrected chi connectivity index (χ0v) is 7.24. The maximum Gasteiger partial charge on any atom is 0.572 e. The van der Waals surface area contributed by atoms with Gasteiger partial charge in [-0.2, -0.15) is 0 Å². The van der Waals surface area contributed by atoms with Crippen molar-refractivity contribution in [3.63, 3.8) is 0 Å². The van der Waals surface area contributed by atoms with Crippen molar-refractivity contribution in [2.75, 3.05) is 0 Å². The average molecular weight is 214 g/mol. The summed E-state index contributed by atoms with van der Waals surface area (Å²) in [6, 6.07) is 0. The number of hydrogen-bond donors (Lipinski definition) is 1. The second-order valence-electron chi connectivity index (χ2n) is 2.54. The molecular formula is C7H7ClF3NO. The number of alkyl halides is 3. The molecule has 6 heteroatoms. The zero-order valence-electron chi connectivity index (χ0n) is 6.49. The van der Waals surface area contributed by atoms with Crippen molar-refractivity contribution < 1.29 is 17.9 Å². The van der Waals surface area contributed by atoms with Crippen LogP contribution in [0.4, 0.5) is 13.2 Å². The molecule has 0 radical (unpaired) electrons. The van der Waals surface area contributed by atoms with Gasteiger partial charge in [-0.15, -0.1) is 13.2 Å². The van der Waals surface area contributed by atoms with E-state index in [1.165, 1.54) is 6.08 Å². The van der Waals surface area contributed by atoms with E-state index in [2.05, 4.69) is 4.74 Å². The van der Waals surface area contributed by atoms with Gasteiger partial charge in [-0.3, -0.25) is 0 Å². The van der Waals surface area contributed by atoms with Crippen LogP contribution in [0.25, 0.3) is 0 Å². The van der Waals surface area contributed by atoms with Crippen LogP contribution in [0.1, 0.15) is 12.8 Å². The molecule has 13 heavy (non-hydrogen) atoms. The topological polar surface area (TPSA) is 35.2 Å². The maximum atomic E-state index is 11.7. The van der Waals surface area contributed by atoms with E-state index in [-0.39, 0.29) is 17.2 Å². The van der Waals surface area contributed by atoms with E-state index in [1.54, 1.807) is 0 Å². The molecule has 0 aromatic carbocycles. The maximum absolute atomic E-state index is 11.7. The lowest BCUT2D eigenvalue weighted by atomic mass is 10.1. The number of rotatable bonds is 1. The predicted octanol–water partition coefficient (Wildman–Crippen LogP) is 2.61. The normalized spacial score (nSPS) is 18.6.